The molecule has 1 aromatic rings. The minimum absolute atomic E-state index is 0.132. The van der Waals surface area contributed by atoms with E-state index in [1.807, 2.05) is 13.8 Å². The average molecular weight is 313 g/mol. The van der Waals surface area contributed by atoms with E-state index in [0.717, 1.165) is 4.31 Å². The molecule has 0 radical (unpaired) electrons. The lowest BCUT2D eigenvalue weighted by atomic mass is 10.2. The van der Waals surface area contributed by atoms with Crippen LogP contribution in [0.4, 0.5) is 0 Å². The van der Waals surface area contributed by atoms with Gasteiger partial charge in [0.25, 0.3) is 0 Å². The van der Waals surface area contributed by atoms with Gasteiger partial charge in [-0.05, 0) is 25.5 Å². The number of hydrogen-bond acceptors (Lipinski definition) is 4. The Morgan fingerprint density at radius 1 is 1.19 bits per heavy atom. The van der Waals surface area contributed by atoms with Crippen LogP contribution in [0.5, 0.6) is 0 Å². The van der Waals surface area contributed by atoms with Crippen molar-refractivity contribution >= 4 is 15.9 Å². The zero-order chi connectivity index (χ0) is 16.0. The first-order valence-corrected chi connectivity index (χ1v) is 8.34. The van der Waals surface area contributed by atoms with E-state index in [1.54, 1.807) is 23.1 Å². The number of amides is 1. The summed E-state index contributed by atoms with van der Waals surface area (Å²) in [6.07, 6.45) is 0. The zero-order valence-electron chi connectivity index (χ0n) is 12.7. The number of nitrogens with two attached hydrogens (primary N) is 1. The lowest BCUT2D eigenvalue weighted by molar-refractivity contribution is -0.130. The van der Waals surface area contributed by atoms with E-state index in [-0.39, 0.29) is 23.9 Å². The molecule has 7 heteroatoms. The summed E-state index contributed by atoms with van der Waals surface area (Å²) in [6.45, 7) is 4.79. The minimum atomic E-state index is -3.72. The molecule has 1 amide bonds. The summed E-state index contributed by atoms with van der Waals surface area (Å²) in [5, 5.41) is 0. The van der Waals surface area contributed by atoms with Gasteiger partial charge in [0.1, 0.15) is 0 Å². The summed E-state index contributed by atoms with van der Waals surface area (Å²) >= 11 is 0. The SMILES string of the molecule is CCN(CC)C(=O)CN(C)S(=O)(=O)c1ccccc1CN. The molecule has 0 saturated carbocycles. The first-order chi connectivity index (χ1) is 9.88. The molecule has 0 aliphatic carbocycles. The highest BCUT2D eigenvalue weighted by atomic mass is 32.2. The van der Waals surface area contributed by atoms with E-state index < -0.39 is 10.0 Å². The number of carbonyl (C=O) groups excluding carboxylic acids is 1. The second kappa shape index (κ2) is 7.53. The third kappa shape index (κ3) is 4.03. The van der Waals surface area contributed by atoms with Gasteiger partial charge in [-0.2, -0.15) is 4.31 Å². The van der Waals surface area contributed by atoms with Gasteiger partial charge in [0.2, 0.25) is 15.9 Å². The van der Waals surface area contributed by atoms with Crippen molar-refractivity contribution in [3.63, 3.8) is 0 Å². The molecule has 0 atom stereocenters. The number of hydrogen-bond donors (Lipinski definition) is 1. The monoisotopic (exact) mass is 313 g/mol. The van der Waals surface area contributed by atoms with Crippen LogP contribution in [0.15, 0.2) is 29.2 Å². The van der Waals surface area contributed by atoms with Crippen LogP contribution in [0.25, 0.3) is 0 Å². The predicted octanol–water partition coefficient (Wildman–Crippen LogP) is 0.634. The van der Waals surface area contributed by atoms with Crippen molar-refractivity contribution in [3.05, 3.63) is 29.8 Å². The Balaban J connectivity index is 3.00. The molecule has 0 aliphatic rings. The van der Waals surface area contributed by atoms with Crippen molar-refractivity contribution < 1.29 is 13.2 Å². The van der Waals surface area contributed by atoms with Crippen LogP contribution in [0.2, 0.25) is 0 Å². The van der Waals surface area contributed by atoms with Crippen LogP contribution >= 0.6 is 0 Å². The number of sulfonamides is 1. The van der Waals surface area contributed by atoms with Crippen LogP contribution in [0.1, 0.15) is 19.4 Å². The minimum Gasteiger partial charge on any atom is -0.342 e. The summed E-state index contributed by atoms with van der Waals surface area (Å²) in [4.78, 5) is 13.8. The summed E-state index contributed by atoms with van der Waals surface area (Å²) < 4.78 is 26.2. The molecule has 1 rings (SSSR count). The largest absolute Gasteiger partial charge is 0.342 e. The molecule has 0 aromatic heterocycles. The molecule has 0 aliphatic heterocycles. The smallest absolute Gasteiger partial charge is 0.243 e. The molecule has 6 nitrogen and oxygen atoms in total. The number of rotatable bonds is 7. The molecule has 118 valence electrons. The summed E-state index contributed by atoms with van der Waals surface area (Å²) in [5.74, 6) is -0.212. The van der Waals surface area contributed by atoms with Crippen LogP contribution < -0.4 is 5.73 Å². The Bertz CT molecular complexity index is 583. The van der Waals surface area contributed by atoms with E-state index in [1.165, 1.54) is 13.1 Å². The average Bonchev–Trinajstić information content (AvgIpc) is 2.48. The Hall–Kier alpha value is -1.44. The molecule has 0 unspecified atom stereocenters. The van der Waals surface area contributed by atoms with E-state index in [2.05, 4.69) is 0 Å². The van der Waals surface area contributed by atoms with Crippen molar-refractivity contribution in [2.75, 3.05) is 26.7 Å². The van der Waals surface area contributed by atoms with Gasteiger partial charge >= 0.3 is 0 Å². The Labute approximate surface area is 126 Å². The molecule has 0 saturated heterocycles. The third-order valence-electron chi connectivity index (χ3n) is 3.35. The highest BCUT2D eigenvalue weighted by Crippen LogP contribution is 2.18. The molecule has 0 fully saturated rings. The number of nitrogens with zero attached hydrogens (tertiary/aromatic N) is 2. The molecule has 0 heterocycles. The Kier molecular flexibility index (Phi) is 6.32. The maximum atomic E-state index is 12.5. The third-order valence-corrected chi connectivity index (χ3v) is 5.26. The van der Waals surface area contributed by atoms with Gasteiger partial charge in [0.05, 0.1) is 11.4 Å². The maximum Gasteiger partial charge on any atom is 0.243 e. The van der Waals surface area contributed by atoms with Gasteiger partial charge in [-0.15, -0.1) is 0 Å². The number of carbonyl (C=O) groups is 1. The fourth-order valence-electron chi connectivity index (χ4n) is 2.04. The van der Waals surface area contributed by atoms with Crippen LogP contribution in [0, 0.1) is 0 Å². The second-order valence-electron chi connectivity index (χ2n) is 4.64. The van der Waals surface area contributed by atoms with Gasteiger partial charge in [-0.3, -0.25) is 4.79 Å². The highest BCUT2D eigenvalue weighted by molar-refractivity contribution is 7.89. The molecule has 21 heavy (non-hydrogen) atoms. The Morgan fingerprint density at radius 3 is 2.29 bits per heavy atom. The van der Waals surface area contributed by atoms with E-state index in [9.17, 15) is 13.2 Å². The highest BCUT2D eigenvalue weighted by Gasteiger charge is 2.26. The quantitative estimate of drug-likeness (QED) is 0.800. The predicted molar refractivity (Wildman–Crippen MR) is 82.1 cm³/mol. The van der Waals surface area contributed by atoms with Crippen LogP contribution in [-0.4, -0.2) is 50.2 Å². The van der Waals surface area contributed by atoms with Crippen LogP contribution in [0.3, 0.4) is 0 Å². The Morgan fingerprint density at radius 2 is 1.76 bits per heavy atom. The fourth-order valence-corrected chi connectivity index (χ4v) is 3.39. The summed E-state index contributed by atoms with van der Waals surface area (Å²) in [6, 6.07) is 6.57. The molecule has 0 bridgehead atoms. The van der Waals surface area contributed by atoms with Gasteiger partial charge in [0, 0.05) is 26.7 Å². The number of benzene rings is 1. The lowest BCUT2D eigenvalue weighted by Gasteiger charge is -2.23. The number of likely N-dealkylation sites (N-methyl/N-ethyl adjacent to an activating group) is 2. The van der Waals surface area contributed by atoms with Gasteiger partial charge in [-0.1, -0.05) is 18.2 Å². The molecule has 1 aromatic carbocycles. The maximum absolute atomic E-state index is 12.5. The molecule has 0 spiro atoms. The zero-order valence-corrected chi connectivity index (χ0v) is 13.6. The van der Waals surface area contributed by atoms with E-state index in [0.29, 0.717) is 18.7 Å². The van der Waals surface area contributed by atoms with Crippen LogP contribution in [-0.2, 0) is 21.4 Å². The normalized spacial score (nSPS) is 11.7. The van der Waals surface area contributed by atoms with Crippen molar-refractivity contribution in [2.24, 2.45) is 5.73 Å². The standard InChI is InChI=1S/C14H23N3O3S/c1-4-17(5-2)14(18)11-16(3)21(19,20)13-9-7-6-8-12(13)10-15/h6-9H,4-5,10-11,15H2,1-3H3. The van der Waals surface area contributed by atoms with Crippen molar-refractivity contribution in [3.8, 4) is 0 Å². The van der Waals surface area contributed by atoms with Crippen molar-refractivity contribution in [2.45, 2.75) is 25.3 Å². The van der Waals surface area contributed by atoms with Gasteiger partial charge in [0.15, 0.2) is 0 Å². The molecular formula is C14H23N3O3S. The summed E-state index contributed by atoms with van der Waals surface area (Å²) in [5.41, 5.74) is 6.12. The first kappa shape index (κ1) is 17.6. The summed E-state index contributed by atoms with van der Waals surface area (Å²) in [7, 11) is -2.31. The lowest BCUT2D eigenvalue weighted by Crippen LogP contribution is -2.41. The van der Waals surface area contributed by atoms with Gasteiger partial charge in [-0.25, -0.2) is 8.42 Å². The van der Waals surface area contributed by atoms with E-state index >= 15 is 0 Å². The second-order valence-corrected chi connectivity index (χ2v) is 6.65. The molecule has 2 N–H and O–H groups in total. The molecular weight excluding hydrogens is 290 g/mol. The van der Waals surface area contributed by atoms with Crippen molar-refractivity contribution in [1.29, 1.82) is 0 Å². The first-order valence-electron chi connectivity index (χ1n) is 6.90. The van der Waals surface area contributed by atoms with E-state index in [4.69, 9.17) is 5.73 Å². The van der Waals surface area contributed by atoms with Gasteiger partial charge < -0.3 is 10.6 Å². The van der Waals surface area contributed by atoms with Crippen molar-refractivity contribution in [1.82, 2.24) is 9.21 Å². The topological polar surface area (TPSA) is 83.7 Å². The fraction of sp³-hybridized carbons (Fsp3) is 0.500.